The van der Waals surface area contributed by atoms with Crippen molar-refractivity contribution in [2.75, 3.05) is 6.61 Å². The zero-order valence-corrected chi connectivity index (χ0v) is 14.4. The Kier molecular flexibility index (Phi) is 7.12. The van der Waals surface area contributed by atoms with Crippen LogP contribution in [0.3, 0.4) is 0 Å². The van der Waals surface area contributed by atoms with E-state index < -0.39 is 24.5 Å². The van der Waals surface area contributed by atoms with Crippen LogP contribution in [-0.2, 0) is 20.9 Å². The van der Waals surface area contributed by atoms with Gasteiger partial charge in [0.2, 0.25) is 0 Å². The topological polar surface area (TPSA) is 84.5 Å². The lowest BCUT2D eigenvalue weighted by Crippen LogP contribution is -2.41. The van der Waals surface area contributed by atoms with Crippen molar-refractivity contribution in [1.82, 2.24) is 10.6 Å². The molecule has 6 heteroatoms. The lowest BCUT2D eigenvalue weighted by atomic mass is 10.1. The summed E-state index contributed by atoms with van der Waals surface area (Å²) in [4.78, 5) is 34.8. The fourth-order valence-electron chi connectivity index (χ4n) is 2.01. The van der Waals surface area contributed by atoms with Crippen molar-refractivity contribution in [3.63, 3.8) is 0 Å². The number of imide groups is 1. The summed E-state index contributed by atoms with van der Waals surface area (Å²) in [5, 5.41) is 4.64. The molecule has 0 aliphatic heterocycles. The number of ether oxygens (including phenoxy) is 1. The minimum absolute atomic E-state index is 0.291. The first-order chi connectivity index (χ1) is 12.5. The highest BCUT2D eigenvalue weighted by Gasteiger charge is 2.09. The largest absolute Gasteiger partial charge is 0.452 e. The molecule has 0 spiro atoms. The molecular formula is C20H20N2O4. The van der Waals surface area contributed by atoms with Gasteiger partial charge >= 0.3 is 12.0 Å². The van der Waals surface area contributed by atoms with Crippen molar-refractivity contribution in [3.05, 3.63) is 77.4 Å². The smallest absolute Gasteiger partial charge is 0.331 e. The van der Waals surface area contributed by atoms with Crippen LogP contribution < -0.4 is 10.6 Å². The molecule has 0 aliphatic carbocycles. The number of urea groups is 1. The number of carbonyl (C=O) groups excluding carboxylic acids is 3. The summed E-state index contributed by atoms with van der Waals surface area (Å²) in [5.74, 6) is -1.36. The molecule has 2 N–H and O–H groups in total. The molecule has 0 bridgehead atoms. The van der Waals surface area contributed by atoms with Gasteiger partial charge in [0, 0.05) is 12.6 Å². The standard InChI is InChI=1S/C20H20N2O4/c1-15-7-9-16(10-8-15)11-12-19(24)26-14-18(23)22-20(25)21-13-17-5-3-2-4-6-17/h2-12H,13-14H2,1H3,(H2,21,22,23,25). The molecule has 2 rings (SSSR count). The second-order valence-electron chi connectivity index (χ2n) is 5.57. The van der Waals surface area contributed by atoms with Gasteiger partial charge in [-0.05, 0) is 24.1 Å². The zero-order chi connectivity index (χ0) is 18.8. The molecule has 0 aliphatic rings. The van der Waals surface area contributed by atoms with Crippen LogP contribution in [0, 0.1) is 6.92 Å². The molecule has 0 saturated carbocycles. The summed E-state index contributed by atoms with van der Waals surface area (Å²) in [7, 11) is 0. The van der Waals surface area contributed by atoms with E-state index >= 15 is 0 Å². The first kappa shape index (κ1) is 18.9. The Bertz CT molecular complexity index is 783. The monoisotopic (exact) mass is 352 g/mol. The second-order valence-corrected chi connectivity index (χ2v) is 5.57. The van der Waals surface area contributed by atoms with E-state index in [-0.39, 0.29) is 0 Å². The molecule has 2 aromatic carbocycles. The number of amides is 3. The van der Waals surface area contributed by atoms with Gasteiger partial charge in [0.25, 0.3) is 5.91 Å². The molecule has 3 amide bonds. The lowest BCUT2D eigenvalue weighted by Gasteiger charge is -2.07. The number of nitrogens with one attached hydrogen (secondary N) is 2. The molecule has 6 nitrogen and oxygen atoms in total. The van der Waals surface area contributed by atoms with Gasteiger partial charge in [-0.1, -0.05) is 60.2 Å². The molecular weight excluding hydrogens is 332 g/mol. The van der Waals surface area contributed by atoms with E-state index in [1.54, 1.807) is 6.08 Å². The first-order valence-electron chi connectivity index (χ1n) is 8.06. The van der Waals surface area contributed by atoms with Gasteiger partial charge in [-0.25, -0.2) is 9.59 Å². The van der Waals surface area contributed by atoms with Gasteiger partial charge in [-0.15, -0.1) is 0 Å². The fraction of sp³-hybridized carbons (Fsp3) is 0.150. The van der Waals surface area contributed by atoms with Crippen molar-refractivity contribution in [1.29, 1.82) is 0 Å². The van der Waals surface area contributed by atoms with Crippen LogP contribution in [0.1, 0.15) is 16.7 Å². The number of carbonyl (C=O) groups is 3. The predicted molar refractivity (Wildman–Crippen MR) is 98.0 cm³/mol. The van der Waals surface area contributed by atoms with Crippen LogP contribution in [0.15, 0.2) is 60.7 Å². The molecule has 26 heavy (non-hydrogen) atoms. The summed E-state index contributed by atoms with van der Waals surface area (Å²) < 4.78 is 4.80. The normalized spacial score (nSPS) is 10.3. The summed E-state index contributed by atoms with van der Waals surface area (Å²) in [6.07, 6.45) is 2.82. The minimum atomic E-state index is -0.701. The van der Waals surface area contributed by atoms with E-state index in [9.17, 15) is 14.4 Å². The molecule has 134 valence electrons. The molecule has 0 atom stereocenters. The third kappa shape index (κ3) is 7.00. The van der Waals surface area contributed by atoms with E-state index in [0.717, 1.165) is 16.7 Å². The van der Waals surface area contributed by atoms with E-state index in [1.165, 1.54) is 6.08 Å². The summed E-state index contributed by atoms with van der Waals surface area (Å²) in [5.41, 5.74) is 2.87. The first-order valence-corrected chi connectivity index (χ1v) is 8.06. The maximum Gasteiger partial charge on any atom is 0.331 e. The maximum absolute atomic E-state index is 11.6. The van der Waals surface area contributed by atoms with Gasteiger partial charge in [0.1, 0.15) is 0 Å². The summed E-state index contributed by atoms with van der Waals surface area (Å²) >= 11 is 0. The molecule has 0 saturated heterocycles. The van der Waals surface area contributed by atoms with Gasteiger partial charge in [0.05, 0.1) is 0 Å². The van der Waals surface area contributed by atoms with Gasteiger partial charge < -0.3 is 10.1 Å². The van der Waals surface area contributed by atoms with Crippen LogP contribution in [0.5, 0.6) is 0 Å². The highest BCUT2D eigenvalue weighted by atomic mass is 16.5. The number of hydrogen-bond acceptors (Lipinski definition) is 4. The minimum Gasteiger partial charge on any atom is -0.452 e. The Labute approximate surface area is 151 Å². The van der Waals surface area contributed by atoms with Crippen molar-refractivity contribution in [2.24, 2.45) is 0 Å². The Morgan fingerprint density at radius 3 is 2.38 bits per heavy atom. The molecule has 0 radical (unpaired) electrons. The molecule has 0 aromatic heterocycles. The highest BCUT2D eigenvalue weighted by molar-refractivity contribution is 5.96. The van der Waals surface area contributed by atoms with Gasteiger partial charge in [0.15, 0.2) is 6.61 Å². The van der Waals surface area contributed by atoms with Crippen LogP contribution in [-0.4, -0.2) is 24.5 Å². The van der Waals surface area contributed by atoms with Crippen LogP contribution in [0.4, 0.5) is 4.79 Å². The predicted octanol–water partition coefficient (Wildman–Crippen LogP) is 2.58. The van der Waals surface area contributed by atoms with E-state index in [1.807, 2.05) is 61.5 Å². The summed E-state index contributed by atoms with van der Waals surface area (Å²) in [6, 6.07) is 16.2. The average molecular weight is 352 g/mol. The summed E-state index contributed by atoms with van der Waals surface area (Å²) in [6.45, 7) is 1.73. The van der Waals surface area contributed by atoms with Crippen molar-refractivity contribution in [3.8, 4) is 0 Å². The van der Waals surface area contributed by atoms with Crippen molar-refractivity contribution < 1.29 is 19.1 Å². The number of benzene rings is 2. The fourth-order valence-corrected chi connectivity index (χ4v) is 2.01. The average Bonchev–Trinajstić information content (AvgIpc) is 2.65. The number of rotatable bonds is 6. The zero-order valence-electron chi connectivity index (χ0n) is 14.4. The van der Waals surface area contributed by atoms with Crippen LogP contribution in [0.25, 0.3) is 6.08 Å². The van der Waals surface area contributed by atoms with Crippen molar-refractivity contribution in [2.45, 2.75) is 13.5 Å². The van der Waals surface area contributed by atoms with E-state index in [0.29, 0.717) is 6.54 Å². The second kappa shape index (κ2) is 9.78. The highest BCUT2D eigenvalue weighted by Crippen LogP contribution is 2.05. The van der Waals surface area contributed by atoms with Gasteiger partial charge in [-0.3, -0.25) is 10.1 Å². The molecule has 0 fully saturated rings. The van der Waals surface area contributed by atoms with E-state index in [4.69, 9.17) is 4.74 Å². The maximum atomic E-state index is 11.6. The SMILES string of the molecule is Cc1ccc(C=CC(=O)OCC(=O)NC(=O)NCc2ccccc2)cc1. The van der Waals surface area contributed by atoms with Gasteiger partial charge in [-0.2, -0.15) is 0 Å². The molecule has 0 unspecified atom stereocenters. The number of aryl methyl sites for hydroxylation is 1. The van der Waals surface area contributed by atoms with Crippen LogP contribution in [0.2, 0.25) is 0 Å². The van der Waals surface area contributed by atoms with Crippen molar-refractivity contribution >= 4 is 24.0 Å². The lowest BCUT2D eigenvalue weighted by molar-refractivity contribution is -0.143. The van der Waals surface area contributed by atoms with Crippen LogP contribution >= 0.6 is 0 Å². The number of hydrogen-bond donors (Lipinski definition) is 2. The molecule has 0 heterocycles. The number of esters is 1. The Morgan fingerprint density at radius 1 is 1.00 bits per heavy atom. The molecule has 2 aromatic rings. The third-order valence-electron chi connectivity index (χ3n) is 3.38. The third-order valence-corrected chi connectivity index (χ3v) is 3.38. The Morgan fingerprint density at radius 2 is 1.69 bits per heavy atom. The quantitative estimate of drug-likeness (QED) is 0.618. The Balaban J connectivity index is 1.68. The van der Waals surface area contributed by atoms with E-state index in [2.05, 4.69) is 10.6 Å². The Hall–Kier alpha value is -3.41.